The van der Waals surface area contributed by atoms with E-state index < -0.39 is 5.97 Å². The van der Waals surface area contributed by atoms with E-state index in [4.69, 9.17) is 9.47 Å². The zero-order chi connectivity index (χ0) is 22.1. The van der Waals surface area contributed by atoms with E-state index >= 15 is 0 Å². The molecule has 0 aliphatic heterocycles. The zero-order valence-corrected chi connectivity index (χ0v) is 17.4. The maximum absolute atomic E-state index is 12.1. The van der Waals surface area contributed by atoms with Crippen molar-refractivity contribution in [2.75, 3.05) is 12.4 Å². The van der Waals surface area contributed by atoms with Crippen LogP contribution in [0.4, 0.5) is 5.69 Å². The summed E-state index contributed by atoms with van der Waals surface area (Å²) >= 11 is 0. The third-order valence-electron chi connectivity index (χ3n) is 4.09. The molecule has 2 aromatic carbocycles. The number of amides is 2. The van der Waals surface area contributed by atoms with Gasteiger partial charge in [-0.1, -0.05) is 12.1 Å². The first-order valence-electron chi connectivity index (χ1n) is 9.34. The number of rotatable bonds is 8. The number of anilines is 1. The van der Waals surface area contributed by atoms with E-state index in [1.165, 1.54) is 20.2 Å². The van der Waals surface area contributed by atoms with Gasteiger partial charge in [0.1, 0.15) is 0 Å². The Morgan fingerprint density at radius 1 is 1.00 bits per heavy atom. The van der Waals surface area contributed by atoms with Crippen LogP contribution in [-0.4, -0.2) is 31.1 Å². The Hall–Kier alpha value is -3.68. The van der Waals surface area contributed by atoms with Crippen LogP contribution in [0.3, 0.4) is 0 Å². The molecule has 0 aromatic heterocycles. The van der Waals surface area contributed by atoms with Gasteiger partial charge in [0.15, 0.2) is 11.5 Å². The quantitative estimate of drug-likeness (QED) is 0.300. The number of esters is 1. The van der Waals surface area contributed by atoms with Gasteiger partial charge in [-0.15, -0.1) is 0 Å². The molecular weight excluding hydrogens is 386 g/mol. The van der Waals surface area contributed by atoms with E-state index in [-0.39, 0.29) is 24.7 Å². The number of methoxy groups -OCH3 is 1. The highest BCUT2D eigenvalue weighted by atomic mass is 16.6. The number of benzene rings is 2. The minimum Gasteiger partial charge on any atom is -0.493 e. The first kappa shape index (κ1) is 22.6. The summed E-state index contributed by atoms with van der Waals surface area (Å²) in [5, 5.41) is 6.69. The fourth-order valence-electron chi connectivity index (χ4n) is 2.55. The second-order valence-electron chi connectivity index (χ2n) is 6.66. The molecule has 0 aliphatic rings. The normalized spacial score (nSPS) is 10.5. The molecule has 8 heteroatoms. The van der Waals surface area contributed by atoms with E-state index in [1.807, 2.05) is 32.0 Å². The lowest BCUT2D eigenvalue weighted by molar-refractivity contribution is -0.132. The van der Waals surface area contributed by atoms with E-state index in [1.54, 1.807) is 18.2 Å². The molecule has 0 spiro atoms. The number of hydrogen-bond donors (Lipinski definition) is 2. The fourth-order valence-corrected chi connectivity index (χ4v) is 2.55. The Balaban J connectivity index is 1.84. The monoisotopic (exact) mass is 411 g/mol. The minimum absolute atomic E-state index is 0.00273. The van der Waals surface area contributed by atoms with Crippen molar-refractivity contribution < 1.29 is 23.9 Å². The predicted molar refractivity (Wildman–Crippen MR) is 114 cm³/mol. The number of hydrazone groups is 1. The maximum atomic E-state index is 12.1. The Kier molecular flexibility index (Phi) is 8.10. The summed E-state index contributed by atoms with van der Waals surface area (Å²) in [6.07, 6.45) is 1.47. The second kappa shape index (κ2) is 10.8. The summed E-state index contributed by atoms with van der Waals surface area (Å²) in [7, 11) is 1.45. The zero-order valence-electron chi connectivity index (χ0n) is 17.4. The number of nitrogens with zero attached hydrogens (tertiary/aromatic N) is 1. The van der Waals surface area contributed by atoms with Gasteiger partial charge in [0.05, 0.1) is 13.3 Å². The lowest BCUT2D eigenvalue weighted by atomic mass is 10.1. The highest BCUT2D eigenvalue weighted by molar-refractivity contribution is 5.94. The van der Waals surface area contributed by atoms with Crippen LogP contribution in [0.2, 0.25) is 0 Å². The molecule has 0 heterocycles. The smallest absolute Gasteiger partial charge is 0.308 e. The van der Waals surface area contributed by atoms with Crippen molar-refractivity contribution in [1.29, 1.82) is 0 Å². The number of nitrogens with one attached hydrogen (secondary N) is 2. The van der Waals surface area contributed by atoms with Crippen LogP contribution in [0.5, 0.6) is 11.5 Å². The van der Waals surface area contributed by atoms with Gasteiger partial charge in [-0.3, -0.25) is 14.4 Å². The molecule has 0 atom stereocenters. The Bertz CT molecular complexity index is 969. The highest BCUT2D eigenvalue weighted by Gasteiger charge is 2.09. The number of aryl methyl sites for hydroxylation is 2. The third kappa shape index (κ3) is 7.05. The number of carbonyl (C=O) groups excluding carboxylic acids is 3. The van der Waals surface area contributed by atoms with Crippen LogP contribution in [0.1, 0.15) is 36.5 Å². The van der Waals surface area contributed by atoms with Crippen molar-refractivity contribution in [2.24, 2.45) is 5.10 Å². The number of ether oxygens (including phenoxy) is 2. The SMILES string of the molecule is COc1cc(/C=N/NC(=O)CCC(=O)Nc2cc(C)ccc2C)ccc1OC(C)=O. The fraction of sp³-hybridized carbons (Fsp3) is 0.273. The van der Waals surface area contributed by atoms with Gasteiger partial charge in [0.2, 0.25) is 11.8 Å². The van der Waals surface area contributed by atoms with E-state index in [9.17, 15) is 14.4 Å². The van der Waals surface area contributed by atoms with E-state index in [0.717, 1.165) is 16.8 Å². The third-order valence-corrected chi connectivity index (χ3v) is 4.09. The van der Waals surface area contributed by atoms with Gasteiger partial charge < -0.3 is 14.8 Å². The summed E-state index contributed by atoms with van der Waals surface area (Å²) in [5.74, 6) is -0.423. The van der Waals surface area contributed by atoms with Gasteiger partial charge in [-0.2, -0.15) is 5.10 Å². The van der Waals surface area contributed by atoms with Crippen LogP contribution in [-0.2, 0) is 14.4 Å². The average molecular weight is 411 g/mol. The molecule has 158 valence electrons. The molecule has 0 saturated carbocycles. The topological polar surface area (TPSA) is 106 Å². The van der Waals surface area contributed by atoms with Crippen molar-refractivity contribution in [1.82, 2.24) is 5.43 Å². The van der Waals surface area contributed by atoms with E-state index in [0.29, 0.717) is 17.1 Å². The van der Waals surface area contributed by atoms with Gasteiger partial charge in [0, 0.05) is 25.5 Å². The molecule has 0 aliphatic carbocycles. The summed E-state index contributed by atoms with van der Waals surface area (Å²) < 4.78 is 10.2. The standard InChI is InChI=1S/C22H25N3O5/c1-14-5-6-15(2)18(11-14)24-21(27)9-10-22(28)25-23-13-17-7-8-19(30-16(3)26)20(12-17)29-4/h5-8,11-13H,9-10H2,1-4H3,(H,24,27)(H,25,28)/b23-13+. The second-order valence-corrected chi connectivity index (χ2v) is 6.66. The van der Waals surface area contributed by atoms with Crippen LogP contribution in [0.15, 0.2) is 41.5 Å². The minimum atomic E-state index is -0.455. The van der Waals surface area contributed by atoms with Gasteiger partial charge >= 0.3 is 5.97 Å². The molecule has 2 N–H and O–H groups in total. The largest absolute Gasteiger partial charge is 0.493 e. The molecule has 2 rings (SSSR count). The molecule has 30 heavy (non-hydrogen) atoms. The van der Waals surface area contributed by atoms with Gasteiger partial charge in [-0.25, -0.2) is 5.43 Å². The molecule has 2 amide bonds. The summed E-state index contributed by atoms with van der Waals surface area (Å²) in [6, 6.07) is 10.6. The highest BCUT2D eigenvalue weighted by Crippen LogP contribution is 2.27. The van der Waals surface area contributed by atoms with E-state index in [2.05, 4.69) is 15.8 Å². The summed E-state index contributed by atoms with van der Waals surface area (Å²) in [6.45, 7) is 5.15. The van der Waals surface area contributed by atoms with Gasteiger partial charge in [-0.05, 0) is 54.8 Å². The average Bonchev–Trinajstić information content (AvgIpc) is 2.70. The van der Waals surface area contributed by atoms with Crippen molar-refractivity contribution in [2.45, 2.75) is 33.6 Å². The molecular formula is C22H25N3O5. The molecule has 0 saturated heterocycles. The summed E-state index contributed by atoms with van der Waals surface area (Å²) in [4.78, 5) is 35.1. The van der Waals surface area contributed by atoms with Crippen molar-refractivity contribution in [3.05, 3.63) is 53.1 Å². The van der Waals surface area contributed by atoms with Crippen molar-refractivity contribution >= 4 is 29.7 Å². The van der Waals surface area contributed by atoms with Crippen LogP contribution < -0.4 is 20.2 Å². The molecule has 0 bridgehead atoms. The molecule has 0 radical (unpaired) electrons. The summed E-state index contributed by atoms with van der Waals surface area (Å²) in [5.41, 5.74) is 5.75. The first-order valence-corrected chi connectivity index (χ1v) is 9.34. The molecule has 8 nitrogen and oxygen atoms in total. The Morgan fingerprint density at radius 2 is 1.73 bits per heavy atom. The molecule has 0 fully saturated rings. The van der Waals surface area contributed by atoms with Crippen LogP contribution >= 0.6 is 0 Å². The Morgan fingerprint density at radius 3 is 2.43 bits per heavy atom. The first-order chi connectivity index (χ1) is 14.3. The lowest BCUT2D eigenvalue weighted by Gasteiger charge is -2.09. The Labute approximate surface area is 175 Å². The van der Waals surface area contributed by atoms with Crippen molar-refractivity contribution in [3.8, 4) is 11.5 Å². The van der Waals surface area contributed by atoms with Crippen LogP contribution in [0, 0.1) is 13.8 Å². The lowest BCUT2D eigenvalue weighted by Crippen LogP contribution is -2.21. The van der Waals surface area contributed by atoms with Crippen molar-refractivity contribution in [3.63, 3.8) is 0 Å². The number of hydrogen-bond acceptors (Lipinski definition) is 6. The van der Waals surface area contributed by atoms with Gasteiger partial charge in [0.25, 0.3) is 0 Å². The predicted octanol–water partition coefficient (Wildman–Crippen LogP) is 3.11. The number of carbonyl (C=O) groups is 3. The molecule has 2 aromatic rings. The maximum Gasteiger partial charge on any atom is 0.308 e. The van der Waals surface area contributed by atoms with Crippen LogP contribution in [0.25, 0.3) is 0 Å². The molecule has 0 unspecified atom stereocenters.